The third kappa shape index (κ3) is 3.26. The lowest BCUT2D eigenvalue weighted by Crippen LogP contribution is -2.37. The van der Waals surface area contributed by atoms with Crippen molar-refractivity contribution in [3.05, 3.63) is 41.5 Å². The summed E-state index contributed by atoms with van der Waals surface area (Å²) in [6.45, 7) is 2.63. The maximum atomic E-state index is 11.2. The van der Waals surface area contributed by atoms with Crippen molar-refractivity contribution >= 4 is 17.3 Å². The fraction of sp³-hybridized carbons (Fsp3) is 0.350. The summed E-state index contributed by atoms with van der Waals surface area (Å²) in [6.07, 6.45) is 0.850. The summed E-state index contributed by atoms with van der Waals surface area (Å²) >= 11 is 0. The van der Waals surface area contributed by atoms with Crippen LogP contribution in [0.4, 0.5) is 11.4 Å². The second-order valence-electron chi connectivity index (χ2n) is 6.75. The van der Waals surface area contributed by atoms with Crippen molar-refractivity contribution in [1.82, 2.24) is 4.90 Å². The van der Waals surface area contributed by atoms with Gasteiger partial charge in [0.2, 0.25) is 18.4 Å². The first kappa shape index (κ1) is 17.5. The van der Waals surface area contributed by atoms with Gasteiger partial charge in [-0.2, -0.15) is 0 Å². The fourth-order valence-corrected chi connectivity index (χ4v) is 3.63. The highest BCUT2D eigenvalue weighted by Crippen LogP contribution is 2.49. The molecule has 0 radical (unpaired) electrons. The number of hydrogen-bond acceptors (Lipinski definition) is 6. The van der Waals surface area contributed by atoms with Crippen LogP contribution < -0.4 is 24.8 Å². The number of ether oxygens (including phenoxy) is 3. The van der Waals surface area contributed by atoms with Crippen LogP contribution in [0.25, 0.3) is 0 Å². The van der Waals surface area contributed by atoms with Crippen LogP contribution in [0.2, 0.25) is 0 Å². The van der Waals surface area contributed by atoms with Gasteiger partial charge in [0, 0.05) is 30.4 Å². The molecular formula is C20H23N3O4. The summed E-state index contributed by atoms with van der Waals surface area (Å²) in [4.78, 5) is 13.4. The molecule has 0 bridgehead atoms. The third-order valence-electron chi connectivity index (χ3n) is 4.90. The number of likely N-dealkylation sites (N-methyl/N-ethyl adjacent to an activating group) is 1. The first-order chi connectivity index (χ1) is 13.1. The van der Waals surface area contributed by atoms with Crippen LogP contribution in [-0.4, -0.2) is 38.3 Å². The van der Waals surface area contributed by atoms with Gasteiger partial charge in [-0.05, 0) is 49.4 Å². The van der Waals surface area contributed by atoms with Gasteiger partial charge in [-0.25, -0.2) is 0 Å². The van der Waals surface area contributed by atoms with E-state index in [2.05, 4.69) is 28.6 Å². The normalized spacial score (nSPS) is 18.0. The molecule has 7 nitrogen and oxygen atoms in total. The molecule has 2 aromatic rings. The lowest BCUT2D eigenvalue weighted by molar-refractivity contribution is -0.114. The van der Waals surface area contributed by atoms with E-state index in [4.69, 9.17) is 14.2 Å². The van der Waals surface area contributed by atoms with E-state index in [9.17, 15) is 4.79 Å². The van der Waals surface area contributed by atoms with Gasteiger partial charge in [-0.1, -0.05) is 0 Å². The number of carbonyl (C=O) groups is 1. The van der Waals surface area contributed by atoms with Crippen molar-refractivity contribution < 1.29 is 19.0 Å². The maximum absolute atomic E-state index is 11.2. The summed E-state index contributed by atoms with van der Waals surface area (Å²) in [5.41, 5.74) is 3.99. The van der Waals surface area contributed by atoms with Crippen molar-refractivity contribution in [3.8, 4) is 17.2 Å². The van der Waals surface area contributed by atoms with Gasteiger partial charge in [0.25, 0.3) is 0 Å². The number of rotatable bonds is 4. The van der Waals surface area contributed by atoms with Crippen molar-refractivity contribution in [3.63, 3.8) is 0 Å². The van der Waals surface area contributed by atoms with E-state index in [0.717, 1.165) is 41.4 Å². The van der Waals surface area contributed by atoms with Crippen LogP contribution in [0.3, 0.4) is 0 Å². The Morgan fingerprint density at radius 2 is 1.96 bits per heavy atom. The van der Waals surface area contributed by atoms with E-state index in [1.807, 2.05) is 24.3 Å². The molecule has 7 heteroatoms. The number of hydrogen-bond donors (Lipinski definition) is 2. The van der Waals surface area contributed by atoms with Crippen molar-refractivity contribution in [1.29, 1.82) is 0 Å². The summed E-state index contributed by atoms with van der Waals surface area (Å²) in [7, 11) is 3.74. The zero-order valence-electron chi connectivity index (χ0n) is 15.7. The third-order valence-corrected chi connectivity index (χ3v) is 4.90. The summed E-state index contributed by atoms with van der Waals surface area (Å²) < 4.78 is 16.9. The monoisotopic (exact) mass is 369 g/mol. The molecule has 0 saturated heterocycles. The Morgan fingerprint density at radius 1 is 1.22 bits per heavy atom. The van der Waals surface area contributed by atoms with Crippen LogP contribution in [0, 0.1) is 0 Å². The highest BCUT2D eigenvalue weighted by Gasteiger charge is 2.33. The van der Waals surface area contributed by atoms with E-state index >= 15 is 0 Å². The van der Waals surface area contributed by atoms with Crippen molar-refractivity contribution in [2.45, 2.75) is 19.5 Å². The molecule has 1 amide bonds. The molecular weight excluding hydrogens is 346 g/mol. The molecule has 2 N–H and O–H groups in total. The number of nitrogens with one attached hydrogen (secondary N) is 2. The maximum Gasteiger partial charge on any atom is 0.231 e. The number of anilines is 2. The molecule has 0 aliphatic carbocycles. The van der Waals surface area contributed by atoms with Gasteiger partial charge in [0.1, 0.15) is 6.17 Å². The van der Waals surface area contributed by atoms with Gasteiger partial charge in [-0.3, -0.25) is 9.69 Å². The number of methoxy groups -OCH3 is 1. The van der Waals surface area contributed by atoms with Crippen molar-refractivity contribution in [2.24, 2.45) is 0 Å². The molecule has 0 spiro atoms. The lowest BCUT2D eigenvalue weighted by atomic mass is 9.94. The van der Waals surface area contributed by atoms with Gasteiger partial charge in [-0.15, -0.1) is 0 Å². The quantitative estimate of drug-likeness (QED) is 0.863. The van der Waals surface area contributed by atoms with Crippen molar-refractivity contribution in [2.75, 3.05) is 38.1 Å². The van der Waals surface area contributed by atoms with E-state index in [1.54, 1.807) is 7.11 Å². The average molecular weight is 369 g/mol. The molecule has 0 saturated carbocycles. The zero-order valence-corrected chi connectivity index (χ0v) is 15.7. The predicted octanol–water partition coefficient (Wildman–Crippen LogP) is 2.98. The van der Waals surface area contributed by atoms with Gasteiger partial charge in [0.15, 0.2) is 11.5 Å². The molecule has 0 aromatic heterocycles. The van der Waals surface area contributed by atoms with E-state index in [-0.39, 0.29) is 18.9 Å². The molecule has 2 aromatic carbocycles. The predicted molar refractivity (Wildman–Crippen MR) is 103 cm³/mol. The first-order valence-electron chi connectivity index (χ1n) is 8.90. The highest BCUT2D eigenvalue weighted by molar-refractivity contribution is 5.88. The number of fused-ring (bicyclic) bond motifs is 2. The smallest absolute Gasteiger partial charge is 0.231 e. The Hall–Kier alpha value is -2.93. The summed E-state index contributed by atoms with van der Waals surface area (Å²) in [6, 6.07) is 9.72. The SMILES string of the molecule is COc1c2c(cc3c1C(Nc1ccc(NC(C)=O)cc1)N(C)CC3)OCO2. The van der Waals surface area contributed by atoms with Crippen LogP contribution in [0.15, 0.2) is 30.3 Å². The standard InChI is InChI=1S/C20H23N3O4/c1-12(24)21-14-4-6-15(7-5-14)22-20-17-13(8-9-23(20)2)10-16-18(19(17)25-3)27-11-26-16/h4-7,10,20,22H,8-9,11H2,1-3H3,(H,21,24). The summed E-state index contributed by atoms with van der Waals surface area (Å²) in [5.74, 6) is 2.05. The van der Waals surface area contributed by atoms with E-state index < -0.39 is 0 Å². The second-order valence-corrected chi connectivity index (χ2v) is 6.75. The van der Waals surface area contributed by atoms with E-state index in [0.29, 0.717) is 5.75 Å². The number of amides is 1. The molecule has 4 rings (SSSR count). The molecule has 1 unspecified atom stereocenters. The van der Waals surface area contributed by atoms with Crippen LogP contribution in [-0.2, 0) is 11.2 Å². The Labute approximate surface area is 158 Å². The molecule has 142 valence electrons. The molecule has 2 heterocycles. The van der Waals surface area contributed by atoms with Gasteiger partial charge in [0.05, 0.1) is 7.11 Å². The second kappa shape index (κ2) is 7.00. The van der Waals surface area contributed by atoms with Crippen LogP contribution in [0.5, 0.6) is 17.2 Å². The lowest BCUT2D eigenvalue weighted by Gasteiger charge is -2.36. The minimum Gasteiger partial charge on any atom is -0.492 e. The largest absolute Gasteiger partial charge is 0.492 e. The molecule has 1 atom stereocenters. The minimum absolute atomic E-state index is 0.0650. The average Bonchev–Trinajstić information content (AvgIpc) is 3.11. The molecule has 27 heavy (non-hydrogen) atoms. The van der Waals surface area contributed by atoms with Crippen LogP contribution >= 0.6 is 0 Å². The fourth-order valence-electron chi connectivity index (χ4n) is 3.63. The van der Waals surface area contributed by atoms with Gasteiger partial charge >= 0.3 is 0 Å². The first-order valence-corrected chi connectivity index (χ1v) is 8.90. The van der Waals surface area contributed by atoms with Crippen LogP contribution in [0.1, 0.15) is 24.2 Å². The Balaban J connectivity index is 1.67. The zero-order chi connectivity index (χ0) is 19.0. The van der Waals surface area contributed by atoms with Gasteiger partial charge < -0.3 is 24.8 Å². The Morgan fingerprint density at radius 3 is 2.67 bits per heavy atom. The highest BCUT2D eigenvalue weighted by atomic mass is 16.7. The molecule has 2 aliphatic rings. The Kier molecular flexibility index (Phi) is 4.53. The number of benzene rings is 2. The number of carbonyl (C=O) groups excluding carboxylic acids is 1. The Bertz CT molecular complexity index is 867. The minimum atomic E-state index is -0.0857. The summed E-state index contributed by atoms with van der Waals surface area (Å²) in [5, 5.41) is 6.35. The van der Waals surface area contributed by atoms with E-state index in [1.165, 1.54) is 12.5 Å². The molecule has 2 aliphatic heterocycles. The number of nitrogens with zero attached hydrogens (tertiary/aromatic N) is 1. The topological polar surface area (TPSA) is 72.1 Å². The molecule has 0 fully saturated rings.